The highest BCUT2D eigenvalue weighted by atomic mass is 19.1. The number of halogens is 1. The van der Waals surface area contributed by atoms with E-state index in [2.05, 4.69) is 73.1 Å². The zero-order valence-electron chi connectivity index (χ0n) is 26.5. The van der Waals surface area contributed by atoms with E-state index in [9.17, 15) is 9.18 Å². The number of nitrogens with one attached hydrogen (secondary N) is 1. The summed E-state index contributed by atoms with van der Waals surface area (Å²) in [4.78, 5) is 20.7. The van der Waals surface area contributed by atoms with Crippen molar-refractivity contribution in [2.75, 3.05) is 24.5 Å². The van der Waals surface area contributed by atoms with Crippen molar-refractivity contribution in [3.63, 3.8) is 0 Å². The predicted molar refractivity (Wildman–Crippen MR) is 166 cm³/mol. The van der Waals surface area contributed by atoms with Gasteiger partial charge in [0.15, 0.2) is 0 Å². The number of pyridine rings is 2. The van der Waals surface area contributed by atoms with Gasteiger partial charge in [0.05, 0.1) is 5.69 Å². The van der Waals surface area contributed by atoms with E-state index in [1.165, 1.54) is 28.9 Å². The van der Waals surface area contributed by atoms with Crippen LogP contribution >= 0.6 is 0 Å². The van der Waals surface area contributed by atoms with Crippen molar-refractivity contribution in [2.45, 2.75) is 107 Å². The second-order valence-electron chi connectivity index (χ2n) is 9.84. The van der Waals surface area contributed by atoms with Gasteiger partial charge in [-0.3, -0.25) is 9.78 Å². The maximum absolute atomic E-state index is 11.1. The van der Waals surface area contributed by atoms with Crippen LogP contribution in [0.15, 0.2) is 36.8 Å². The Morgan fingerprint density at radius 2 is 1.69 bits per heavy atom. The van der Waals surface area contributed by atoms with Gasteiger partial charge in [-0.25, -0.2) is 4.98 Å². The van der Waals surface area contributed by atoms with Gasteiger partial charge in [0, 0.05) is 61.6 Å². The molecule has 0 bridgehead atoms. The SMILES string of the molecule is CC.CC.CCCC(=O)F.CCCc1c(N2CCNC(C)(C)C2)ccnc1C.Cc1ccc2nc(C)cn2c1. The van der Waals surface area contributed by atoms with Crippen LogP contribution in [0.4, 0.5) is 10.1 Å². The number of carbonyl (C=O) groups excluding carboxylic acids is 1. The number of imidazole rings is 1. The van der Waals surface area contributed by atoms with Crippen LogP contribution in [0.2, 0.25) is 0 Å². The third-order valence-electron chi connectivity index (χ3n) is 5.82. The van der Waals surface area contributed by atoms with Gasteiger partial charge in [-0.2, -0.15) is 4.39 Å². The summed E-state index contributed by atoms with van der Waals surface area (Å²) in [6, 6.07) is 5.07. The summed E-state index contributed by atoms with van der Waals surface area (Å²) < 4.78 is 13.1. The second-order valence-corrected chi connectivity index (χ2v) is 9.84. The highest BCUT2D eigenvalue weighted by Gasteiger charge is 2.27. The van der Waals surface area contributed by atoms with Crippen molar-refractivity contribution in [1.82, 2.24) is 19.7 Å². The Kier molecular flexibility index (Phi) is 17.9. The minimum absolute atomic E-state index is 0.0694. The third-order valence-corrected chi connectivity index (χ3v) is 5.82. The minimum atomic E-state index is -1.21. The molecule has 0 aliphatic carbocycles. The molecule has 1 saturated heterocycles. The van der Waals surface area contributed by atoms with Crippen LogP contribution < -0.4 is 10.2 Å². The van der Waals surface area contributed by atoms with Gasteiger partial charge in [0.25, 0.3) is 0 Å². The normalized spacial score (nSPS) is 13.4. The van der Waals surface area contributed by atoms with Crippen molar-refractivity contribution in [2.24, 2.45) is 0 Å². The molecule has 7 heteroatoms. The van der Waals surface area contributed by atoms with E-state index in [1.54, 1.807) is 6.92 Å². The summed E-state index contributed by atoms with van der Waals surface area (Å²) in [5.74, 6) is 0. The number of nitrogens with zero attached hydrogens (tertiary/aromatic N) is 4. The van der Waals surface area contributed by atoms with Crippen molar-refractivity contribution in [3.05, 3.63) is 59.3 Å². The fourth-order valence-corrected chi connectivity index (χ4v) is 4.21. The molecule has 1 aliphatic heterocycles. The summed E-state index contributed by atoms with van der Waals surface area (Å²) in [6.45, 7) is 25.9. The largest absolute Gasteiger partial charge is 0.368 e. The van der Waals surface area contributed by atoms with Gasteiger partial charge >= 0.3 is 6.04 Å². The first-order valence-corrected chi connectivity index (χ1v) is 14.6. The summed E-state index contributed by atoms with van der Waals surface area (Å²) >= 11 is 0. The van der Waals surface area contributed by atoms with Crippen LogP contribution in [-0.2, 0) is 11.2 Å². The molecular weight excluding hydrogens is 489 g/mol. The average molecular weight is 544 g/mol. The standard InChI is InChI=1S/C15H25N3.C9H10N2.C4H7FO.2C2H6/c1-5-6-13-12(2)16-8-7-14(13)18-10-9-17-15(3,4)11-18;1-7-3-4-9-10-8(2)6-11(9)5-7;1-2-3-4(5)6;2*1-2/h7-8,17H,5-6,9-11H2,1-4H3;3-6H,1-2H3;2-3H2,1H3;2*1-2H3. The number of rotatable bonds is 5. The van der Waals surface area contributed by atoms with Gasteiger partial charge in [-0.15, -0.1) is 0 Å². The number of carbonyl (C=O) groups is 1. The number of fused-ring (bicyclic) bond motifs is 1. The molecule has 1 N–H and O–H groups in total. The summed E-state index contributed by atoms with van der Waals surface area (Å²) in [5.41, 5.74) is 7.54. The van der Waals surface area contributed by atoms with E-state index in [0.29, 0.717) is 6.42 Å². The lowest BCUT2D eigenvalue weighted by Gasteiger charge is -2.41. The van der Waals surface area contributed by atoms with Crippen molar-refractivity contribution < 1.29 is 9.18 Å². The Morgan fingerprint density at radius 1 is 1.03 bits per heavy atom. The molecule has 39 heavy (non-hydrogen) atoms. The first-order valence-electron chi connectivity index (χ1n) is 14.6. The van der Waals surface area contributed by atoms with Crippen molar-refractivity contribution >= 4 is 17.4 Å². The zero-order chi connectivity index (χ0) is 30.0. The number of aromatic nitrogens is 3. The molecule has 1 fully saturated rings. The lowest BCUT2D eigenvalue weighted by atomic mass is 9.99. The van der Waals surface area contributed by atoms with Crippen LogP contribution in [0, 0.1) is 20.8 Å². The van der Waals surface area contributed by atoms with E-state index < -0.39 is 6.04 Å². The van der Waals surface area contributed by atoms with E-state index in [0.717, 1.165) is 37.4 Å². The minimum Gasteiger partial charge on any atom is -0.368 e. The van der Waals surface area contributed by atoms with Crippen LogP contribution in [0.1, 0.15) is 97.2 Å². The van der Waals surface area contributed by atoms with E-state index in [4.69, 9.17) is 0 Å². The first kappa shape index (κ1) is 36.2. The molecular formula is C32H54FN5O. The highest BCUT2D eigenvalue weighted by molar-refractivity contribution is 5.67. The second kappa shape index (κ2) is 19.3. The highest BCUT2D eigenvalue weighted by Crippen LogP contribution is 2.26. The molecule has 0 unspecified atom stereocenters. The Morgan fingerprint density at radius 3 is 2.23 bits per heavy atom. The molecule has 0 saturated carbocycles. The summed E-state index contributed by atoms with van der Waals surface area (Å²) in [7, 11) is 0. The van der Waals surface area contributed by atoms with Gasteiger partial charge in [-0.05, 0) is 70.7 Å². The maximum Gasteiger partial charge on any atom is 0.301 e. The lowest BCUT2D eigenvalue weighted by Crippen LogP contribution is -2.57. The quantitative estimate of drug-likeness (QED) is 0.332. The summed E-state index contributed by atoms with van der Waals surface area (Å²) in [5, 5.41) is 3.57. The molecule has 3 aromatic rings. The number of hydrogen-bond acceptors (Lipinski definition) is 5. The van der Waals surface area contributed by atoms with Crippen LogP contribution in [0.5, 0.6) is 0 Å². The molecule has 6 nitrogen and oxygen atoms in total. The Balaban J connectivity index is 0.000000585. The van der Waals surface area contributed by atoms with Gasteiger partial charge < -0.3 is 14.6 Å². The smallest absolute Gasteiger partial charge is 0.301 e. The third kappa shape index (κ3) is 13.2. The van der Waals surface area contributed by atoms with Gasteiger partial charge in [-0.1, -0.05) is 54.0 Å². The number of piperazine rings is 1. The van der Waals surface area contributed by atoms with E-state index >= 15 is 0 Å². The fourth-order valence-electron chi connectivity index (χ4n) is 4.21. The first-order chi connectivity index (χ1) is 18.6. The molecule has 4 rings (SSSR count). The molecule has 3 aromatic heterocycles. The number of anilines is 1. The predicted octanol–water partition coefficient (Wildman–Crippen LogP) is 7.82. The summed E-state index contributed by atoms with van der Waals surface area (Å²) in [6.07, 6.45) is 9.03. The number of aryl methyl sites for hydroxylation is 3. The Labute approximate surface area is 237 Å². The Bertz CT molecular complexity index is 1090. The van der Waals surface area contributed by atoms with Crippen molar-refractivity contribution in [1.29, 1.82) is 0 Å². The molecule has 0 amide bonds. The average Bonchev–Trinajstić information content (AvgIpc) is 3.27. The molecule has 0 atom stereocenters. The number of hydrogen-bond donors (Lipinski definition) is 1. The molecule has 0 aromatic carbocycles. The topological polar surface area (TPSA) is 62.5 Å². The lowest BCUT2D eigenvalue weighted by molar-refractivity contribution is -0.129. The van der Waals surface area contributed by atoms with E-state index in [-0.39, 0.29) is 12.0 Å². The van der Waals surface area contributed by atoms with Gasteiger partial charge in [0.2, 0.25) is 0 Å². The zero-order valence-corrected chi connectivity index (χ0v) is 26.5. The van der Waals surface area contributed by atoms with Crippen LogP contribution in [0.25, 0.3) is 5.65 Å². The fraction of sp³-hybridized carbons (Fsp3) is 0.594. The van der Waals surface area contributed by atoms with Crippen LogP contribution in [-0.4, -0.2) is 45.6 Å². The molecule has 220 valence electrons. The monoisotopic (exact) mass is 543 g/mol. The molecule has 0 spiro atoms. The molecule has 0 radical (unpaired) electrons. The molecule has 1 aliphatic rings. The van der Waals surface area contributed by atoms with Crippen molar-refractivity contribution in [3.8, 4) is 0 Å². The van der Waals surface area contributed by atoms with Gasteiger partial charge in [0.1, 0.15) is 5.65 Å². The Hall–Kier alpha value is -2.80. The molecule has 4 heterocycles. The van der Waals surface area contributed by atoms with E-state index in [1.807, 2.05) is 57.5 Å². The maximum atomic E-state index is 11.1. The van der Waals surface area contributed by atoms with Crippen LogP contribution in [0.3, 0.4) is 0 Å².